The van der Waals surface area contributed by atoms with Crippen molar-refractivity contribution >= 4 is 10.0 Å². The third-order valence-corrected chi connectivity index (χ3v) is 7.95. The van der Waals surface area contributed by atoms with E-state index in [0.29, 0.717) is 37.4 Å². The number of halogens is 2. The predicted molar refractivity (Wildman–Crippen MR) is 111 cm³/mol. The second-order valence-electron chi connectivity index (χ2n) is 8.62. The number of sulfonamides is 1. The number of likely N-dealkylation sites (tertiary alicyclic amines) is 1. The normalized spacial score (nSPS) is 22.1. The largest absolute Gasteiger partial charge is 0.330 e. The molecule has 3 rings (SSSR count). The summed E-state index contributed by atoms with van der Waals surface area (Å²) >= 11 is 0. The first-order valence-electron chi connectivity index (χ1n) is 10.6. The second-order valence-corrected chi connectivity index (χ2v) is 10.6. The van der Waals surface area contributed by atoms with Crippen LogP contribution in [0, 0.1) is 23.5 Å². The van der Waals surface area contributed by atoms with Gasteiger partial charge in [0.1, 0.15) is 11.6 Å². The molecule has 29 heavy (non-hydrogen) atoms. The summed E-state index contributed by atoms with van der Waals surface area (Å²) < 4.78 is 52.9. The zero-order chi connectivity index (χ0) is 21.0. The Morgan fingerprint density at radius 3 is 2.14 bits per heavy atom. The Hall–Kier alpha value is -1.09. The molecule has 2 saturated heterocycles. The number of nitrogens with zero attached hydrogens (tertiary/aromatic N) is 2. The average Bonchev–Trinajstić information content (AvgIpc) is 2.67. The molecule has 0 radical (unpaired) electrons. The first kappa shape index (κ1) is 22.6. The fourth-order valence-electron chi connectivity index (χ4n) is 4.84. The lowest BCUT2D eigenvalue weighted by Gasteiger charge is -2.37. The molecule has 2 fully saturated rings. The zero-order valence-corrected chi connectivity index (χ0v) is 18.0. The van der Waals surface area contributed by atoms with Gasteiger partial charge in [-0.25, -0.2) is 21.5 Å². The Kier molecular flexibility index (Phi) is 7.64. The van der Waals surface area contributed by atoms with E-state index in [-0.39, 0.29) is 11.8 Å². The van der Waals surface area contributed by atoms with Crippen LogP contribution in [0.1, 0.15) is 43.6 Å². The van der Waals surface area contributed by atoms with Crippen molar-refractivity contribution in [1.29, 1.82) is 0 Å². The molecule has 8 heteroatoms. The number of nitrogens with two attached hydrogens (primary N) is 1. The summed E-state index contributed by atoms with van der Waals surface area (Å²) in [5, 5.41) is 0. The van der Waals surface area contributed by atoms with Crippen molar-refractivity contribution in [2.75, 3.05) is 45.5 Å². The van der Waals surface area contributed by atoms with Gasteiger partial charge in [0, 0.05) is 19.2 Å². The van der Waals surface area contributed by atoms with Gasteiger partial charge in [-0.15, -0.1) is 0 Å². The van der Waals surface area contributed by atoms with Crippen LogP contribution in [0.5, 0.6) is 0 Å². The van der Waals surface area contributed by atoms with Gasteiger partial charge in [-0.2, -0.15) is 0 Å². The van der Waals surface area contributed by atoms with Crippen molar-refractivity contribution in [3.05, 3.63) is 35.4 Å². The Labute approximate surface area is 173 Å². The van der Waals surface area contributed by atoms with E-state index in [9.17, 15) is 17.2 Å². The monoisotopic (exact) mass is 429 g/mol. The van der Waals surface area contributed by atoms with Crippen LogP contribution in [0.15, 0.2) is 18.2 Å². The first-order valence-corrected chi connectivity index (χ1v) is 12.4. The molecule has 2 aliphatic rings. The lowest BCUT2D eigenvalue weighted by atomic mass is 9.78. The quantitative estimate of drug-likeness (QED) is 0.724. The molecule has 0 saturated carbocycles. The number of hydrogen-bond acceptors (Lipinski definition) is 4. The number of hydrogen-bond donors (Lipinski definition) is 1. The smallest absolute Gasteiger partial charge is 0.211 e. The molecule has 2 heterocycles. The predicted octanol–water partition coefficient (Wildman–Crippen LogP) is 2.78. The standard InChI is InChI=1S/C21H33F2N3O2S/c1-29(27,28)26-10-4-17(5-11-26)21(18-12-19(22)14-20(23)13-18)6-9-25-7-2-16(15-24)3-8-25/h12-14,16-17,21H,2-11,15,24H2,1H3/t21-/m1/s1. The fourth-order valence-corrected chi connectivity index (χ4v) is 5.72. The molecule has 2 N–H and O–H groups in total. The summed E-state index contributed by atoms with van der Waals surface area (Å²) in [6, 6.07) is 3.79. The second kappa shape index (κ2) is 9.81. The number of piperidine rings is 2. The molecule has 0 spiro atoms. The summed E-state index contributed by atoms with van der Waals surface area (Å²) in [6.07, 6.45) is 5.68. The van der Waals surface area contributed by atoms with Gasteiger partial charge >= 0.3 is 0 Å². The summed E-state index contributed by atoms with van der Waals surface area (Å²) in [4.78, 5) is 2.42. The molecule has 1 aromatic carbocycles. The van der Waals surface area contributed by atoms with Gasteiger partial charge in [-0.1, -0.05) is 0 Å². The van der Waals surface area contributed by atoms with Crippen LogP contribution in [-0.2, 0) is 10.0 Å². The number of benzene rings is 1. The Morgan fingerprint density at radius 1 is 1.03 bits per heavy atom. The molecule has 164 valence electrons. The topological polar surface area (TPSA) is 66.6 Å². The highest BCUT2D eigenvalue weighted by Crippen LogP contribution is 2.37. The van der Waals surface area contributed by atoms with Crippen molar-refractivity contribution in [3.8, 4) is 0 Å². The Morgan fingerprint density at radius 2 is 1.62 bits per heavy atom. The summed E-state index contributed by atoms with van der Waals surface area (Å²) in [6.45, 7) is 4.58. The van der Waals surface area contributed by atoms with E-state index >= 15 is 0 Å². The first-order chi connectivity index (χ1) is 13.8. The van der Waals surface area contributed by atoms with E-state index in [4.69, 9.17) is 5.73 Å². The van der Waals surface area contributed by atoms with Gasteiger partial charge in [0.2, 0.25) is 10.0 Å². The van der Waals surface area contributed by atoms with Crippen molar-refractivity contribution in [1.82, 2.24) is 9.21 Å². The van der Waals surface area contributed by atoms with Crippen molar-refractivity contribution in [2.24, 2.45) is 17.6 Å². The highest BCUT2D eigenvalue weighted by Gasteiger charge is 2.31. The van der Waals surface area contributed by atoms with E-state index in [2.05, 4.69) is 4.90 Å². The maximum absolute atomic E-state index is 13.9. The van der Waals surface area contributed by atoms with Crippen molar-refractivity contribution < 1.29 is 17.2 Å². The maximum atomic E-state index is 13.9. The lowest BCUT2D eigenvalue weighted by Crippen LogP contribution is -2.40. The maximum Gasteiger partial charge on any atom is 0.211 e. The third kappa shape index (κ3) is 6.20. The Bertz CT molecular complexity index is 754. The van der Waals surface area contributed by atoms with Crippen LogP contribution in [0.25, 0.3) is 0 Å². The van der Waals surface area contributed by atoms with E-state index in [1.807, 2.05) is 0 Å². The molecule has 1 atom stereocenters. The van der Waals surface area contributed by atoms with Crippen molar-refractivity contribution in [3.63, 3.8) is 0 Å². The molecule has 2 aliphatic heterocycles. The summed E-state index contributed by atoms with van der Waals surface area (Å²) in [7, 11) is -3.20. The minimum atomic E-state index is -3.20. The van der Waals surface area contributed by atoms with Gasteiger partial charge in [0.15, 0.2) is 0 Å². The molecule has 5 nitrogen and oxygen atoms in total. The fraction of sp³-hybridized carbons (Fsp3) is 0.714. The van der Waals surface area contributed by atoms with Gasteiger partial charge < -0.3 is 10.6 Å². The third-order valence-electron chi connectivity index (χ3n) is 6.65. The van der Waals surface area contributed by atoms with E-state index in [0.717, 1.165) is 51.5 Å². The van der Waals surface area contributed by atoms with E-state index < -0.39 is 21.7 Å². The molecule has 0 aliphatic carbocycles. The molecular weight excluding hydrogens is 396 g/mol. The molecule has 0 amide bonds. The number of rotatable bonds is 7. The minimum absolute atomic E-state index is 0.0224. The Balaban J connectivity index is 1.69. The summed E-state index contributed by atoms with van der Waals surface area (Å²) in [5.74, 6) is -0.269. The van der Waals surface area contributed by atoms with Gasteiger partial charge in [-0.3, -0.25) is 0 Å². The van der Waals surface area contributed by atoms with Crippen molar-refractivity contribution in [2.45, 2.75) is 38.0 Å². The average molecular weight is 430 g/mol. The molecule has 0 aromatic heterocycles. The molecule has 1 aromatic rings. The summed E-state index contributed by atoms with van der Waals surface area (Å²) in [5.41, 5.74) is 6.47. The molecule has 0 bridgehead atoms. The van der Waals surface area contributed by atoms with E-state index in [1.54, 1.807) is 0 Å². The van der Waals surface area contributed by atoms with Crippen LogP contribution in [0.3, 0.4) is 0 Å². The molecular formula is C21H33F2N3O2S. The van der Waals surface area contributed by atoms with E-state index in [1.165, 1.54) is 22.7 Å². The minimum Gasteiger partial charge on any atom is -0.330 e. The van der Waals surface area contributed by atoms with Gasteiger partial charge in [0.05, 0.1) is 6.26 Å². The van der Waals surface area contributed by atoms with Crippen LogP contribution < -0.4 is 5.73 Å². The SMILES string of the molecule is CS(=O)(=O)N1CCC([C@@H](CCN2CCC(CN)CC2)c2cc(F)cc(F)c2)CC1. The highest BCUT2D eigenvalue weighted by atomic mass is 32.2. The molecule has 0 unspecified atom stereocenters. The van der Waals surface area contributed by atoms with Crippen LogP contribution in [0.2, 0.25) is 0 Å². The van der Waals surface area contributed by atoms with Crippen LogP contribution in [0.4, 0.5) is 8.78 Å². The van der Waals surface area contributed by atoms with Gasteiger partial charge in [-0.05, 0) is 93.7 Å². The zero-order valence-electron chi connectivity index (χ0n) is 17.2. The van der Waals surface area contributed by atoms with Gasteiger partial charge in [0.25, 0.3) is 0 Å². The van der Waals surface area contributed by atoms with Crippen LogP contribution >= 0.6 is 0 Å². The lowest BCUT2D eigenvalue weighted by molar-refractivity contribution is 0.168. The highest BCUT2D eigenvalue weighted by molar-refractivity contribution is 7.88. The van der Waals surface area contributed by atoms with Crippen LogP contribution in [-0.4, -0.2) is 63.1 Å².